The fraction of sp³-hybridized carbons (Fsp3) is 0.273. The minimum absolute atomic E-state index is 0.0690. The van der Waals surface area contributed by atoms with Crippen LogP contribution in [0.1, 0.15) is 29.7 Å². The van der Waals surface area contributed by atoms with E-state index in [1.54, 1.807) is 43.3 Å². The van der Waals surface area contributed by atoms with E-state index in [4.69, 9.17) is 4.74 Å². The molecule has 3 atom stereocenters. The number of carbonyl (C=O) groups excluding carboxylic acids is 1. The Hall–Kier alpha value is -3.52. The first-order valence-electron chi connectivity index (χ1n) is 9.56. The molecule has 30 heavy (non-hydrogen) atoms. The van der Waals surface area contributed by atoms with Crippen molar-refractivity contribution in [3.05, 3.63) is 75.7 Å². The first-order valence-corrected chi connectivity index (χ1v) is 9.56. The lowest BCUT2D eigenvalue weighted by atomic mass is 9.66. The average molecular weight is 409 g/mol. The van der Waals surface area contributed by atoms with Crippen LogP contribution in [0.2, 0.25) is 0 Å². The smallest absolute Gasteiger partial charge is 0.267 e. The summed E-state index contributed by atoms with van der Waals surface area (Å²) in [5.41, 5.74) is 0.302. The lowest BCUT2D eigenvalue weighted by Gasteiger charge is -2.41. The van der Waals surface area contributed by atoms with Crippen LogP contribution in [0.3, 0.4) is 0 Å². The quantitative estimate of drug-likeness (QED) is 0.451. The number of rotatable bonds is 4. The highest BCUT2D eigenvalue weighted by molar-refractivity contribution is 5.96. The van der Waals surface area contributed by atoms with Crippen LogP contribution in [-0.4, -0.2) is 39.0 Å². The van der Waals surface area contributed by atoms with Crippen molar-refractivity contribution in [3.8, 4) is 11.5 Å². The van der Waals surface area contributed by atoms with Crippen LogP contribution in [-0.2, 0) is 11.2 Å². The summed E-state index contributed by atoms with van der Waals surface area (Å²) in [5.74, 6) is -1.55. The van der Waals surface area contributed by atoms with Gasteiger partial charge in [-0.25, -0.2) is 0 Å². The van der Waals surface area contributed by atoms with Gasteiger partial charge in [0.1, 0.15) is 11.5 Å². The van der Waals surface area contributed by atoms with Crippen LogP contribution in [0.4, 0.5) is 5.69 Å². The molecular weight excluding hydrogens is 386 g/mol. The van der Waals surface area contributed by atoms with Crippen LogP contribution in [0.25, 0.3) is 0 Å². The Morgan fingerprint density at radius 2 is 1.87 bits per heavy atom. The Morgan fingerprint density at radius 3 is 2.57 bits per heavy atom. The van der Waals surface area contributed by atoms with Gasteiger partial charge in [0.25, 0.3) is 5.56 Å². The van der Waals surface area contributed by atoms with E-state index in [1.165, 1.54) is 19.2 Å². The van der Waals surface area contributed by atoms with Crippen molar-refractivity contribution in [1.29, 1.82) is 0 Å². The Morgan fingerprint density at radius 1 is 1.17 bits per heavy atom. The average Bonchev–Trinajstić information content (AvgIpc) is 3.07. The van der Waals surface area contributed by atoms with Crippen molar-refractivity contribution in [3.63, 3.8) is 0 Å². The zero-order valence-corrected chi connectivity index (χ0v) is 16.6. The van der Waals surface area contributed by atoms with Gasteiger partial charge in [-0.05, 0) is 36.8 Å². The third-order valence-corrected chi connectivity index (χ3v) is 5.65. The number of aromatic nitrogens is 2. The Kier molecular flexibility index (Phi) is 4.87. The number of aromatic hydroxyl groups is 1. The number of benzene rings is 2. The number of para-hydroxylation sites is 2. The number of phenols is 1. The maximum atomic E-state index is 13.4. The molecular formula is C22H23N3O5. The van der Waals surface area contributed by atoms with Crippen molar-refractivity contribution in [1.82, 2.24) is 10.2 Å². The number of aliphatic hydroxyl groups is 1. The number of hydrogen-bond acceptors (Lipinski definition) is 5. The summed E-state index contributed by atoms with van der Waals surface area (Å²) in [6, 6.07) is 13.3. The number of aromatic amines is 2. The summed E-state index contributed by atoms with van der Waals surface area (Å²) in [4.78, 5) is 26.0. The molecule has 4 rings (SSSR count). The van der Waals surface area contributed by atoms with Crippen molar-refractivity contribution in [2.24, 2.45) is 5.92 Å². The zero-order valence-electron chi connectivity index (χ0n) is 16.6. The minimum Gasteiger partial charge on any atom is -0.508 e. The molecule has 0 fully saturated rings. The predicted molar refractivity (Wildman–Crippen MR) is 111 cm³/mol. The van der Waals surface area contributed by atoms with Gasteiger partial charge in [-0.15, -0.1) is 0 Å². The standard InChI is InChI=1S/C22H23N3O5/c1-22(29)11-15-18(20(27)25-24-15)17(12-7-9-13(26)10-8-12)19(22)21(28)23-14-5-3-4-6-16(14)30-2/h3-10,17,19,26,29H,11H2,1-2H3,(H,23,28)(H2,24,25,27)/t17-,19-,22-/m1/s1. The molecule has 8 heteroatoms. The molecule has 1 aliphatic rings. The van der Waals surface area contributed by atoms with Crippen molar-refractivity contribution >= 4 is 11.6 Å². The number of fused-ring (bicyclic) bond motifs is 1. The van der Waals surface area contributed by atoms with Gasteiger partial charge in [-0.2, -0.15) is 0 Å². The number of amides is 1. The molecule has 1 heterocycles. The van der Waals surface area contributed by atoms with E-state index in [2.05, 4.69) is 15.5 Å². The molecule has 1 aliphatic carbocycles. The van der Waals surface area contributed by atoms with E-state index in [0.29, 0.717) is 28.3 Å². The SMILES string of the molecule is COc1ccccc1NC(=O)[C@H]1[C@H](c2ccc(O)cc2)c2c([nH][nH]c2=O)C[C@@]1(C)O. The van der Waals surface area contributed by atoms with Gasteiger partial charge in [-0.3, -0.25) is 14.7 Å². The molecule has 1 aromatic heterocycles. The van der Waals surface area contributed by atoms with E-state index in [9.17, 15) is 19.8 Å². The molecule has 3 aromatic rings. The van der Waals surface area contributed by atoms with Crippen LogP contribution >= 0.6 is 0 Å². The van der Waals surface area contributed by atoms with E-state index in [-0.39, 0.29) is 17.7 Å². The van der Waals surface area contributed by atoms with Gasteiger partial charge >= 0.3 is 0 Å². The van der Waals surface area contributed by atoms with Gasteiger partial charge in [0.2, 0.25) is 5.91 Å². The molecule has 0 spiro atoms. The summed E-state index contributed by atoms with van der Waals surface area (Å²) in [7, 11) is 1.51. The number of H-pyrrole nitrogens is 2. The van der Waals surface area contributed by atoms with Crippen LogP contribution in [0.5, 0.6) is 11.5 Å². The molecule has 2 aromatic carbocycles. The monoisotopic (exact) mass is 409 g/mol. The molecule has 0 saturated heterocycles. The van der Waals surface area contributed by atoms with Gasteiger partial charge < -0.3 is 25.4 Å². The highest BCUT2D eigenvalue weighted by Crippen LogP contribution is 2.44. The molecule has 0 aliphatic heterocycles. The van der Waals surface area contributed by atoms with Crippen molar-refractivity contribution in [2.45, 2.75) is 24.9 Å². The number of anilines is 1. The maximum absolute atomic E-state index is 13.4. The highest BCUT2D eigenvalue weighted by atomic mass is 16.5. The second-order valence-electron chi connectivity index (χ2n) is 7.74. The number of methoxy groups -OCH3 is 1. The molecule has 0 unspecified atom stereocenters. The Balaban J connectivity index is 1.82. The topological polar surface area (TPSA) is 127 Å². The summed E-state index contributed by atoms with van der Waals surface area (Å²) in [6.07, 6.45) is 0.111. The lowest BCUT2D eigenvalue weighted by molar-refractivity contribution is -0.130. The van der Waals surface area contributed by atoms with Gasteiger partial charge in [0, 0.05) is 23.6 Å². The third-order valence-electron chi connectivity index (χ3n) is 5.65. The largest absolute Gasteiger partial charge is 0.508 e. The first kappa shape index (κ1) is 19.8. The van der Waals surface area contributed by atoms with Gasteiger partial charge in [0.15, 0.2) is 0 Å². The van der Waals surface area contributed by atoms with Crippen molar-refractivity contribution in [2.75, 3.05) is 12.4 Å². The summed E-state index contributed by atoms with van der Waals surface area (Å²) in [6.45, 7) is 1.58. The van der Waals surface area contributed by atoms with Crippen LogP contribution < -0.4 is 15.6 Å². The number of hydrogen-bond donors (Lipinski definition) is 5. The molecule has 156 valence electrons. The number of phenolic OH excluding ortho intramolecular Hbond substituents is 1. The summed E-state index contributed by atoms with van der Waals surface area (Å²) >= 11 is 0. The van der Waals surface area contributed by atoms with Crippen molar-refractivity contribution < 1.29 is 19.7 Å². The van der Waals surface area contributed by atoms with Crippen LogP contribution in [0.15, 0.2) is 53.3 Å². The third kappa shape index (κ3) is 3.35. The second-order valence-corrected chi connectivity index (χ2v) is 7.74. The van der Waals surface area contributed by atoms with Gasteiger partial charge in [-0.1, -0.05) is 24.3 Å². The molecule has 8 nitrogen and oxygen atoms in total. The highest BCUT2D eigenvalue weighted by Gasteiger charge is 2.50. The van der Waals surface area contributed by atoms with E-state index >= 15 is 0 Å². The molecule has 5 N–H and O–H groups in total. The van der Waals surface area contributed by atoms with E-state index < -0.39 is 23.3 Å². The number of carbonyl (C=O) groups is 1. The minimum atomic E-state index is -1.44. The summed E-state index contributed by atoms with van der Waals surface area (Å²) in [5, 5.41) is 29.2. The molecule has 0 bridgehead atoms. The fourth-order valence-corrected chi connectivity index (χ4v) is 4.30. The second kappa shape index (κ2) is 7.38. The predicted octanol–water partition coefficient (Wildman–Crippen LogP) is 2.11. The number of ether oxygens (including phenoxy) is 1. The van der Waals surface area contributed by atoms with Crippen LogP contribution in [0, 0.1) is 5.92 Å². The maximum Gasteiger partial charge on any atom is 0.267 e. The fourth-order valence-electron chi connectivity index (χ4n) is 4.30. The Bertz CT molecular complexity index is 1130. The molecule has 0 radical (unpaired) electrons. The van der Waals surface area contributed by atoms with E-state index in [0.717, 1.165) is 0 Å². The number of nitrogens with one attached hydrogen (secondary N) is 3. The molecule has 1 amide bonds. The zero-order chi connectivity index (χ0) is 21.5. The van der Waals surface area contributed by atoms with Gasteiger partial charge in [0.05, 0.1) is 24.3 Å². The molecule has 0 saturated carbocycles. The van der Waals surface area contributed by atoms with E-state index in [1.807, 2.05) is 0 Å². The lowest BCUT2D eigenvalue weighted by Crippen LogP contribution is -2.51. The first-order chi connectivity index (χ1) is 14.3. The summed E-state index contributed by atoms with van der Waals surface area (Å²) < 4.78 is 5.31. The normalized spacial score (nSPS) is 22.9. The Labute approximate surface area is 172 Å².